The largest absolute Gasteiger partial charge is 0.487 e. The van der Waals surface area contributed by atoms with E-state index in [0.717, 1.165) is 18.5 Å². The number of hydrogen-bond donors (Lipinski definition) is 2. The summed E-state index contributed by atoms with van der Waals surface area (Å²) in [4.78, 5) is 29.4. The highest BCUT2D eigenvalue weighted by Crippen LogP contribution is 2.44. The Morgan fingerprint density at radius 2 is 2.19 bits per heavy atom. The molecule has 0 amide bonds. The molecule has 1 atom stereocenters. The lowest BCUT2D eigenvalue weighted by molar-refractivity contribution is 0.101. The fraction of sp³-hybridized carbons (Fsp3) is 0.375. The Hall–Kier alpha value is -3.42. The van der Waals surface area contributed by atoms with E-state index in [9.17, 15) is 9.59 Å². The first kappa shape index (κ1) is 21.8. The zero-order valence-electron chi connectivity index (χ0n) is 18.4. The molecule has 0 bridgehead atoms. The van der Waals surface area contributed by atoms with Crippen molar-refractivity contribution in [2.24, 2.45) is 5.92 Å². The Labute approximate surface area is 185 Å². The minimum atomic E-state index is -0.738. The summed E-state index contributed by atoms with van der Waals surface area (Å²) in [6, 6.07) is 5.61. The number of rotatable bonds is 7. The second kappa shape index (κ2) is 8.61. The molecule has 32 heavy (non-hydrogen) atoms. The monoisotopic (exact) mass is 438 g/mol. The topological polar surface area (TPSA) is 99.2 Å². The summed E-state index contributed by atoms with van der Waals surface area (Å²) < 4.78 is 23.2. The van der Waals surface area contributed by atoms with Crippen molar-refractivity contribution < 1.29 is 13.9 Å². The van der Waals surface area contributed by atoms with Gasteiger partial charge in [0, 0.05) is 24.6 Å². The summed E-state index contributed by atoms with van der Waals surface area (Å²) in [7, 11) is 0. The average molecular weight is 439 g/mol. The van der Waals surface area contributed by atoms with Gasteiger partial charge in [0.1, 0.15) is 12.3 Å². The summed E-state index contributed by atoms with van der Waals surface area (Å²) in [6.07, 6.45) is 4.76. The van der Waals surface area contributed by atoms with Crippen molar-refractivity contribution in [3.8, 4) is 5.75 Å². The molecule has 3 aromatic rings. The number of benzene rings is 1. The van der Waals surface area contributed by atoms with E-state index in [2.05, 4.69) is 10.3 Å². The van der Waals surface area contributed by atoms with Crippen LogP contribution in [0.15, 0.2) is 35.4 Å². The number of carbonyl (C=O) groups is 1. The van der Waals surface area contributed by atoms with Crippen LogP contribution in [0.3, 0.4) is 0 Å². The number of pyridine rings is 2. The SMILES string of the molecule is CC(=O)c1cn2c3c(c(NCCCc4ccccn4)c(F)c(N)c3c1=O)OC[C@@H]2C(C)C. The predicted octanol–water partition coefficient (Wildman–Crippen LogP) is 3.95. The van der Waals surface area contributed by atoms with Gasteiger partial charge in [-0.1, -0.05) is 19.9 Å². The van der Waals surface area contributed by atoms with Crippen LogP contribution in [0.1, 0.15) is 49.3 Å². The second-order valence-corrected chi connectivity index (χ2v) is 8.46. The summed E-state index contributed by atoms with van der Waals surface area (Å²) in [6.45, 7) is 6.15. The van der Waals surface area contributed by atoms with Crippen LogP contribution in [0.2, 0.25) is 0 Å². The number of carbonyl (C=O) groups excluding carboxylic acids is 1. The van der Waals surface area contributed by atoms with E-state index in [4.69, 9.17) is 10.5 Å². The maximum atomic E-state index is 15.3. The Balaban J connectivity index is 1.79. The summed E-state index contributed by atoms with van der Waals surface area (Å²) in [5, 5.41) is 3.10. The van der Waals surface area contributed by atoms with Gasteiger partial charge in [0.05, 0.1) is 28.2 Å². The number of hydrogen-bond acceptors (Lipinski definition) is 6. The molecule has 8 heteroatoms. The van der Waals surface area contributed by atoms with Gasteiger partial charge in [0.2, 0.25) is 5.43 Å². The van der Waals surface area contributed by atoms with Crippen LogP contribution in [0, 0.1) is 11.7 Å². The van der Waals surface area contributed by atoms with Gasteiger partial charge in [0.15, 0.2) is 17.3 Å². The first-order valence-corrected chi connectivity index (χ1v) is 10.8. The summed E-state index contributed by atoms with van der Waals surface area (Å²) >= 11 is 0. The average Bonchev–Trinajstić information content (AvgIpc) is 2.77. The lowest BCUT2D eigenvalue weighted by Crippen LogP contribution is -2.31. The number of nitrogens with zero attached hydrogens (tertiary/aromatic N) is 2. The number of nitrogens with two attached hydrogens (primary N) is 1. The number of ether oxygens (including phenoxy) is 1. The number of nitrogen functional groups attached to an aromatic ring is 1. The maximum absolute atomic E-state index is 15.3. The Morgan fingerprint density at radius 1 is 1.41 bits per heavy atom. The van der Waals surface area contributed by atoms with Gasteiger partial charge >= 0.3 is 0 Å². The van der Waals surface area contributed by atoms with Crippen LogP contribution < -0.4 is 21.2 Å². The third-order valence-electron chi connectivity index (χ3n) is 5.94. The smallest absolute Gasteiger partial charge is 0.202 e. The minimum Gasteiger partial charge on any atom is -0.487 e. The molecule has 168 valence electrons. The van der Waals surface area contributed by atoms with Gasteiger partial charge in [0.25, 0.3) is 0 Å². The third-order valence-corrected chi connectivity index (χ3v) is 5.94. The molecule has 0 unspecified atom stereocenters. The zero-order chi connectivity index (χ0) is 23.0. The normalized spacial score (nSPS) is 15.1. The van der Waals surface area contributed by atoms with Crippen molar-refractivity contribution in [3.63, 3.8) is 0 Å². The maximum Gasteiger partial charge on any atom is 0.202 e. The molecule has 0 radical (unpaired) electrons. The van der Waals surface area contributed by atoms with Gasteiger partial charge in [-0.3, -0.25) is 14.6 Å². The lowest BCUT2D eigenvalue weighted by Gasteiger charge is -2.33. The van der Waals surface area contributed by atoms with Crippen molar-refractivity contribution in [2.75, 3.05) is 24.2 Å². The van der Waals surface area contributed by atoms with Gasteiger partial charge in [-0.15, -0.1) is 0 Å². The summed E-state index contributed by atoms with van der Waals surface area (Å²) in [5.41, 5.74) is 6.79. The van der Waals surface area contributed by atoms with E-state index in [-0.39, 0.29) is 45.8 Å². The van der Waals surface area contributed by atoms with E-state index in [0.29, 0.717) is 18.7 Å². The van der Waals surface area contributed by atoms with Crippen LogP contribution in [0.4, 0.5) is 15.8 Å². The van der Waals surface area contributed by atoms with Crippen molar-refractivity contribution in [3.05, 3.63) is 57.9 Å². The molecule has 4 rings (SSSR count). The fourth-order valence-electron chi connectivity index (χ4n) is 4.18. The molecule has 0 aliphatic carbocycles. The van der Waals surface area contributed by atoms with Crippen LogP contribution >= 0.6 is 0 Å². The highest BCUT2D eigenvalue weighted by molar-refractivity contribution is 6.04. The molecule has 7 nitrogen and oxygen atoms in total. The standard InChI is InChI=1S/C24H27FN4O3/c1-13(2)17-12-32-24-21(28-10-6-8-15-7-4-5-9-27-15)19(25)20(26)18-22(24)29(17)11-16(14(3)30)23(18)31/h4-5,7,9,11,13,17,28H,6,8,10,12,26H2,1-3H3/t17-/m1/s1. The predicted molar refractivity (Wildman–Crippen MR) is 123 cm³/mol. The van der Waals surface area contributed by atoms with Crippen LogP contribution in [0.5, 0.6) is 5.75 Å². The molecule has 1 aromatic carbocycles. The number of Topliss-reactive ketones (excluding diaryl/α,β-unsaturated/α-hetero) is 1. The number of nitrogens with one attached hydrogen (secondary N) is 1. The molecular formula is C24H27FN4O3. The molecule has 0 saturated carbocycles. The van der Waals surface area contributed by atoms with E-state index < -0.39 is 11.2 Å². The number of halogens is 1. The molecule has 3 N–H and O–H groups in total. The fourth-order valence-corrected chi connectivity index (χ4v) is 4.18. The van der Waals surface area contributed by atoms with Crippen molar-refractivity contribution in [2.45, 2.75) is 39.7 Å². The Morgan fingerprint density at radius 3 is 2.84 bits per heavy atom. The third kappa shape index (κ3) is 3.70. The number of aryl methyl sites for hydroxylation is 1. The summed E-state index contributed by atoms with van der Waals surface area (Å²) in [5.74, 6) is -0.700. The highest BCUT2D eigenvalue weighted by atomic mass is 19.1. The van der Waals surface area contributed by atoms with Crippen molar-refractivity contribution in [1.82, 2.24) is 9.55 Å². The molecule has 0 saturated heterocycles. The number of anilines is 2. The minimum absolute atomic E-state index is 0.00169. The molecular weight excluding hydrogens is 411 g/mol. The van der Waals surface area contributed by atoms with E-state index in [1.54, 1.807) is 12.4 Å². The van der Waals surface area contributed by atoms with Gasteiger partial charge in [-0.2, -0.15) is 0 Å². The first-order chi connectivity index (χ1) is 15.3. The molecule has 3 heterocycles. The van der Waals surface area contributed by atoms with Gasteiger partial charge in [-0.25, -0.2) is 4.39 Å². The highest BCUT2D eigenvalue weighted by Gasteiger charge is 2.32. The molecule has 0 spiro atoms. The van der Waals surface area contributed by atoms with Gasteiger partial charge in [-0.05, 0) is 37.8 Å². The number of ketones is 1. The van der Waals surface area contributed by atoms with Crippen LogP contribution in [-0.4, -0.2) is 28.5 Å². The lowest BCUT2D eigenvalue weighted by atomic mass is 9.98. The van der Waals surface area contributed by atoms with Crippen LogP contribution in [0.25, 0.3) is 10.9 Å². The second-order valence-electron chi connectivity index (χ2n) is 8.46. The molecule has 1 aliphatic rings. The van der Waals surface area contributed by atoms with Crippen molar-refractivity contribution in [1.29, 1.82) is 0 Å². The van der Waals surface area contributed by atoms with Crippen LogP contribution in [-0.2, 0) is 6.42 Å². The van der Waals surface area contributed by atoms with E-state index >= 15 is 4.39 Å². The molecule has 1 aliphatic heterocycles. The zero-order valence-corrected chi connectivity index (χ0v) is 18.4. The Kier molecular flexibility index (Phi) is 5.86. The molecule has 2 aromatic heterocycles. The van der Waals surface area contributed by atoms with E-state index in [1.165, 1.54) is 6.92 Å². The first-order valence-electron chi connectivity index (χ1n) is 10.8. The quantitative estimate of drug-likeness (QED) is 0.329. The van der Waals surface area contributed by atoms with Gasteiger partial charge < -0.3 is 20.4 Å². The molecule has 0 fully saturated rings. The Bertz CT molecular complexity index is 1240. The van der Waals surface area contributed by atoms with Crippen molar-refractivity contribution >= 4 is 28.1 Å². The van der Waals surface area contributed by atoms with E-state index in [1.807, 2.05) is 36.6 Å². The number of aromatic nitrogens is 2.